The molecule has 0 saturated carbocycles. The second-order valence-electron chi connectivity index (χ2n) is 6.13. The molecule has 2 N–H and O–H groups in total. The van der Waals surface area contributed by atoms with Crippen LogP contribution in [0.1, 0.15) is 48.3 Å². The van der Waals surface area contributed by atoms with E-state index >= 15 is 0 Å². The molecule has 2 aromatic rings. The summed E-state index contributed by atoms with van der Waals surface area (Å²) in [6.07, 6.45) is 5.12. The molecule has 27 heavy (non-hydrogen) atoms. The van der Waals surface area contributed by atoms with E-state index in [0.29, 0.717) is 22.9 Å². The van der Waals surface area contributed by atoms with Gasteiger partial charge in [0, 0.05) is 36.0 Å². The summed E-state index contributed by atoms with van der Waals surface area (Å²) in [5, 5.41) is 10.4. The lowest BCUT2D eigenvalue weighted by molar-refractivity contribution is -0.111. The topological polar surface area (TPSA) is 76.0 Å². The minimum Gasteiger partial charge on any atom is -0.352 e. The third-order valence-corrected chi connectivity index (χ3v) is 4.36. The number of amides is 2. The van der Waals surface area contributed by atoms with E-state index < -0.39 is 0 Å². The zero-order chi connectivity index (χ0) is 19.8. The molecule has 1 aromatic carbocycles. The number of anilines is 1. The van der Waals surface area contributed by atoms with Crippen LogP contribution >= 0.6 is 11.6 Å². The Morgan fingerprint density at radius 1 is 1.30 bits per heavy atom. The van der Waals surface area contributed by atoms with Crippen molar-refractivity contribution in [3.8, 4) is 0 Å². The third kappa shape index (κ3) is 5.69. The molecule has 0 atom stereocenters. The minimum atomic E-state index is -0.306. The van der Waals surface area contributed by atoms with E-state index in [1.165, 1.54) is 6.08 Å². The van der Waals surface area contributed by atoms with Crippen molar-refractivity contribution in [2.24, 2.45) is 0 Å². The molecule has 0 saturated heterocycles. The number of hydrogen-bond donors (Lipinski definition) is 2. The second kappa shape index (κ2) is 9.92. The quantitative estimate of drug-likeness (QED) is 0.670. The highest BCUT2D eigenvalue weighted by atomic mass is 35.5. The van der Waals surface area contributed by atoms with Gasteiger partial charge >= 0.3 is 0 Å². The maximum absolute atomic E-state index is 12.2. The SMILES string of the molecule is CCCCn1nc(C)c(C=CC(=O)Nc2cccc(C(=O)NCC)c2)c1Cl. The molecule has 144 valence electrons. The number of nitrogens with zero attached hydrogens (tertiary/aromatic N) is 2. The highest BCUT2D eigenvalue weighted by Crippen LogP contribution is 2.22. The van der Waals surface area contributed by atoms with Gasteiger partial charge in [-0.05, 0) is 44.5 Å². The molecule has 7 heteroatoms. The lowest BCUT2D eigenvalue weighted by atomic mass is 10.2. The highest BCUT2D eigenvalue weighted by molar-refractivity contribution is 6.31. The molecule has 2 rings (SSSR count). The summed E-state index contributed by atoms with van der Waals surface area (Å²) in [4.78, 5) is 24.1. The van der Waals surface area contributed by atoms with E-state index in [4.69, 9.17) is 11.6 Å². The van der Waals surface area contributed by atoms with Gasteiger partial charge in [0.25, 0.3) is 5.91 Å². The van der Waals surface area contributed by atoms with Gasteiger partial charge in [0.05, 0.1) is 5.69 Å². The number of rotatable bonds is 8. The predicted octanol–water partition coefficient (Wildman–Crippen LogP) is 4.05. The van der Waals surface area contributed by atoms with Gasteiger partial charge in [-0.3, -0.25) is 14.3 Å². The van der Waals surface area contributed by atoms with Crippen molar-refractivity contribution in [3.05, 3.63) is 52.3 Å². The monoisotopic (exact) mass is 388 g/mol. The minimum absolute atomic E-state index is 0.175. The van der Waals surface area contributed by atoms with Crippen LogP contribution in [0.5, 0.6) is 0 Å². The maximum atomic E-state index is 12.2. The van der Waals surface area contributed by atoms with Crippen LogP contribution in [0.4, 0.5) is 5.69 Å². The van der Waals surface area contributed by atoms with Crippen molar-refractivity contribution in [1.82, 2.24) is 15.1 Å². The normalized spacial score (nSPS) is 11.0. The number of halogens is 1. The molecular weight excluding hydrogens is 364 g/mol. The van der Waals surface area contributed by atoms with Crippen LogP contribution in [0.3, 0.4) is 0 Å². The lowest BCUT2D eigenvalue weighted by Crippen LogP contribution is -2.22. The largest absolute Gasteiger partial charge is 0.352 e. The van der Waals surface area contributed by atoms with Crippen molar-refractivity contribution in [3.63, 3.8) is 0 Å². The van der Waals surface area contributed by atoms with Crippen LogP contribution in [0.15, 0.2) is 30.3 Å². The van der Waals surface area contributed by atoms with Gasteiger partial charge in [0.15, 0.2) is 0 Å². The molecule has 0 bridgehead atoms. The Bertz CT molecular complexity index is 843. The van der Waals surface area contributed by atoms with Gasteiger partial charge in [-0.15, -0.1) is 0 Å². The van der Waals surface area contributed by atoms with Crippen LogP contribution in [-0.2, 0) is 11.3 Å². The number of aryl methyl sites for hydroxylation is 2. The highest BCUT2D eigenvalue weighted by Gasteiger charge is 2.11. The lowest BCUT2D eigenvalue weighted by Gasteiger charge is -2.06. The number of aromatic nitrogens is 2. The Labute approximate surface area is 164 Å². The van der Waals surface area contributed by atoms with E-state index in [2.05, 4.69) is 22.7 Å². The third-order valence-electron chi connectivity index (χ3n) is 3.96. The first-order valence-electron chi connectivity index (χ1n) is 9.06. The van der Waals surface area contributed by atoms with Crippen molar-refractivity contribution >= 4 is 35.2 Å². The predicted molar refractivity (Wildman–Crippen MR) is 109 cm³/mol. The molecule has 0 aliphatic rings. The molecule has 0 fully saturated rings. The molecule has 0 unspecified atom stereocenters. The number of unbranched alkanes of at least 4 members (excludes halogenated alkanes) is 1. The van der Waals surface area contributed by atoms with Crippen LogP contribution < -0.4 is 10.6 Å². The van der Waals surface area contributed by atoms with Gasteiger partial charge in [0.1, 0.15) is 5.15 Å². The Balaban J connectivity index is 2.07. The number of benzene rings is 1. The van der Waals surface area contributed by atoms with E-state index in [1.54, 1.807) is 35.0 Å². The first-order valence-corrected chi connectivity index (χ1v) is 9.44. The molecule has 1 aromatic heterocycles. The van der Waals surface area contributed by atoms with Crippen LogP contribution in [0.25, 0.3) is 6.08 Å². The Morgan fingerprint density at radius 2 is 2.07 bits per heavy atom. The summed E-state index contributed by atoms with van der Waals surface area (Å²) in [5.41, 5.74) is 2.56. The van der Waals surface area contributed by atoms with Crippen molar-refractivity contribution in [2.45, 2.75) is 40.2 Å². The average Bonchev–Trinajstić information content (AvgIpc) is 2.92. The molecular formula is C20H25ClN4O2. The fourth-order valence-electron chi connectivity index (χ4n) is 2.56. The van der Waals surface area contributed by atoms with E-state index in [9.17, 15) is 9.59 Å². The molecule has 1 heterocycles. The molecule has 0 aliphatic heterocycles. The fourth-order valence-corrected chi connectivity index (χ4v) is 2.88. The zero-order valence-electron chi connectivity index (χ0n) is 15.9. The fraction of sp³-hybridized carbons (Fsp3) is 0.350. The van der Waals surface area contributed by atoms with Gasteiger partial charge in [-0.2, -0.15) is 5.10 Å². The summed E-state index contributed by atoms with van der Waals surface area (Å²) in [5.74, 6) is -0.481. The number of nitrogens with one attached hydrogen (secondary N) is 2. The number of hydrogen-bond acceptors (Lipinski definition) is 3. The van der Waals surface area contributed by atoms with Gasteiger partial charge in [-0.1, -0.05) is 31.0 Å². The average molecular weight is 389 g/mol. The summed E-state index contributed by atoms with van der Waals surface area (Å²) >= 11 is 6.37. The Morgan fingerprint density at radius 3 is 2.78 bits per heavy atom. The summed E-state index contributed by atoms with van der Waals surface area (Å²) in [7, 11) is 0. The number of carbonyl (C=O) groups excluding carboxylic acids is 2. The molecule has 0 spiro atoms. The summed E-state index contributed by atoms with van der Waals surface area (Å²) < 4.78 is 1.76. The smallest absolute Gasteiger partial charge is 0.251 e. The Kier molecular flexibility index (Phi) is 7.61. The molecule has 6 nitrogen and oxygen atoms in total. The van der Waals surface area contributed by atoms with Crippen molar-refractivity contribution in [1.29, 1.82) is 0 Å². The standard InChI is InChI=1S/C20H25ClN4O2/c1-4-6-12-25-19(21)17(14(3)24-25)10-11-18(26)23-16-9-7-8-15(13-16)20(27)22-5-2/h7-11,13H,4-6,12H2,1-3H3,(H,22,27)(H,23,26). The van der Waals surface area contributed by atoms with Gasteiger partial charge in [-0.25, -0.2) is 0 Å². The van der Waals surface area contributed by atoms with Gasteiger partial charge < -0.3 is 10.6 Å². The van der Waals surface area contributed by atoms with Crippen LogP contribution in [-0.4, -0.2) is 28.1 Å². The van der Waals surface area contributed by atoms with E-state index in [1.807, 2.05) is 13.8 Å². The van der Waals surface area contributed by atoms with Crippen molar-refractivity contribution in [2.75, 3.05) is 11.9 Å². The first-order chi connectivity index (χ1) is 13.0. The molecule has 2 amide bonds. The summed E-state index contributed by atoms with van der Waals surface area (Å²) in [6, 6.07) is 6.79. The van der Waals surface area contributed by atoms with E-state index in [0.717, 1.165) is 30.6 Å². The van der Waals surface area contributed by atoms with E-state index in [-0.39, 0.29) is 11.8 Å². The van der Waals surface area contributed by atoms with Crippen LogP contribution in [0, 0.1) is 6.92 Å². The second-order valence-corrected chi connectivity index (χ2v) is 6.49. The Hall–Kier alpha value is -2.60. The first kappa shape index (κ1) is 20.7. The molecule has 0 radical (unpaired) electrons. The van der Waals surface area contributed by atoms with Crippen LogP contribution in [0.2, 0.25) is 5.15 Å². The molecule has 0 aliphatic carbocycles. The van der Waals surface area contributed by atoms with Gasteiger partial charge in [0.2, 0.25) is 5.91 Å². The van der Waals surface area contributed by atoms with Crippen molar-refractivity contribution < 1.29 is 9.59 Å². The number of carbonyl (C=O) groups is 2. The summed E-state index contributed by atoms with van der Waals surface area (Å²) in [6.45, 7) is 7.12. The maximum Gasteiger partial charge on any atom is 0.251 e. The zero-order valence-corrected chi connectivity index (χ0v) is 16.6.